The van der Waals surface area contributed by atoms with Crippen molar-refractivity contribution in [3.05, 3.63) is 72.1 Å². The highest BCUT2D eigenvalue weighted by atomic mass is 32.3. The average Bonchev–Trinajstić information content (AvgIpc) is 2.12. The van der Waals surface area contributed by atoms with Crippen molar-refractivity contribution < 1.29 is 52.9 Å². The number of fused-ring (bicyclic) bond motifs is 4. The Labute approximate surface area is 499 Å². The summed E-state index contributed by atoms with van der Waals surface area (Å²) in [4.78, 5) is 61.0. The Kier molecular flexibility index (Phi) is 17.8. The summed E-state index contributed by atoms with van der Waals surface area (Å²) in [6, 6.07) is 1.94. The Balaban J connectivity index is 0.000000118. The van der Waals surface area contributed by atoms with Crippen LogP contribution in [0.15, 0.2) is 66.6 Å². The zero-order valence-corrected chi connectivity index (χ0v) is 47.9. The first-order valence-electron chi connectivity index (χ1n) is 28.5. The molecule has 8 aromatic heterocycles. The smallest absolute Gasteiger partial charge is 0.394 e. The molecule has 10 atom stereocenters. The van der Waals surface area contributed by atoms with Crippen molar-refractivity contribution in [1.82, 2.24) is 78.1 Å². The van der Waals surface area contributed by atoms with Crippen LogP contribution < -0.4 is 44.4 Å². The molecule has 15 rings (SSSR count). The lowest BCUT2D eigenvalue weighted by atomic mass is 10.1. The van der Waals surface area contributed by atoms with Gasteiger partial charge < -0.3 is 88.0 Å². The molecule has 0 radical (unpaired) electrons. The number of aliphatic hydroxyl groups excluding tert-OH is 6. The molecule has 3 saturated carbocycles. The topological polar surface area (TPSA) is 540 Å². The number of anilines is 7. The number of hydrogen-bond donors (Lipinski definition) is 16. The number of nitrogen functional groups attached to an aromatic ring is 4. The molecule has 8 aromatic rings. The van der Waals surface area contributed by atoms with Crippen LogP contribution in [0.3, 0.4) is 0 Å². The minimum absolute atomic E-state index is 0.0388. The number of rotatable bonds is 14. The Hall–Kier alpha value is -8.59. The summed E-state index contributed by atoms with van der Waals surface area (Å²) in [7, 11) is -4.67. The van der Waals surface area contributed by atoms with E-state index in [1.54, 1.807) is 19.0 Å². The molecule has 470 valence electrons. The lowest BCUT2D eigenvalue weighted by Gasteiger charge is -2.16. The predicted molar refractivity (Wildman–Crippen MR) is 319 cm³/mol. The van der Waals surface area contributed by atoms with Gasteiger partial charge in [-0.2, -0.15) is 43.3 Å². The first kappa shape index (κ1) is 61.1. The number of aliphatic hydroxyl groups is 6. The summed E-state index contributed by atoms with van der Waals surface area (Å²) in [6.45, 7) is 0.0687. The van der Waals surface area contributed by atoms with E-state index in [9.17, 15) is 30.3 Å². The minimum Gasteiger partial charge on any atom is -0.396 e. The first-order valence-corrected chi connectivity index (χ1v) is 29.9. The van der Waals surface area contributed by atoms with Gasteiger partial charge >= 0.3 is 10.4 Å². The predicted octanol–water partition coefficient (Wildman–Crippen LogP) is -0.0626. The fourth-order valence-electron chi connectivity index (χ4n) is 10.6. The van der Waals surface area contributed by atoms with E-state index in [1.807, 2.05) is 31.9 Å². The van der Waals surface area contributed by atoms with E-state index < -0.39 is 47.1 Å². The summed E-state index contributed by atoms with van der Waals surface area (Å²) in [5, 5.41) is 66.6. The van der Waals surface area contributed by atoms with Gasteiger partial charge in [-0.05, 0) is 57.8 Å². The number of aromatic nitrogens is 16. The fourth-order valence-corrected chi connectivity index (χ4v) is 10.6. The van der Waals surface area contributed by atoms with Gasteiger partial charge in [-0.1, -0.05) is 36.5 Å². The highest BCUT2D eigenvalue weighted by Gasteiger charge is 2.44. The summed E-state index contributed by atoms with van der Waals surface area (Å²) < 4.78 is 44.3. The molecule has 0 amide bonds. The van der Waals surface area contributed by atoms with E-state index in [2.05, 4.69) is 94.0 Å². The normalized spacial score (nSPS) is 25.3. The summed E-state index contributed by atoms with van der Waals surface area (Å²) in [5.74, 6) is 3.45. The van der Waals surface area contributed by atoms with Crippen molar-refractivity contribution >= 4 is 96.3 Å². The molecule has 1 saturated heterocycles. The van der Waals surface area contributed by atoms with Crippen LogP contribution in [-0.4, -0.2) is 189 Å². The van der Waals surface area contributed by atoms with Crippen LogP contribution in [0.5, 0.6) is 0 Å². The molecule has 7 aliphatic rings. The lowest BCUT2D eigenvalue weighted by molar-refractivity contribution is -0.0511. The van der Waals surface area contributed by atoms with E-state index in [4.69, 9.17) is 50.3 Å². The maximum Gasteiger partial charge on any atom is 0.394 e. The SMILES string of the molecule is Nc1nc(NC2CC2)c2ncn([C@H]3C=C[C@@H](CO)C3)c2n1.Nc1nc(NC2CC2)c2ncn([C@H]3C=C[C@@H](CO)C3)c2n1.Nc1nc(NC2CC2)c2ncn([C@H]3C=C[C@@H](CO)C3)c2n1.Nc1nc2c(ncn2[C@@H]2O[C@H](CO)[C@@H](O)[C@H]2O)c(=O)[nH]1.O=S(=O)(O)O. The van der Waals surface area contributed by atoms with Gasteiger partial charge in [0.2, 0.25) is 23.8 Å². The van der Waals surface area contributed by atoms with Crippen LogP contribution in [0, 0.1) is 17.8 Å². The molecule has 0 bridgehead atoms. The molecule has 36 heteroatoms. The van der Waals surface area contributed by atoms with Crippen molar-refractivity contribution in [1.29, 1.82) is 0 Å². The van der Waals surface area contributed by atoms with Crippen LogP contribution in [0.1, 0.15) is 82.1 Å². The van der Waals surface area contributed by atoms with E-state index in [1.165, 1.54) is 10.9 Å². The van der Waals surface area contributed by atoms with Gasteiger partial charge in [0.05, 0.1) is 50.0 Å². The standard InChI is InChI=1S/3C14H18N6O.C10H13N5O5.H2O4S/c3*15-14-18-12(17-9-2-3-9)11-13(19-14)20(7-16-11)10-4-1-8(5-10)6-21;11-10-13-7-4(8(19)14-10)12-2-15(7)9-6(18)5(17)3(1-16)20-9;1-5(2,3)4/h3*1,4,7-10,21H,2-3,5-6H2,(H3,15,17,18,19);2-3,5-6,9,16-18H,1H2,(H3,11,13,14,19);(H2,1,2,3,4)/t3*8-,10+;3-,5-,6-,9-;/m1111./s1. The monoisotopic (exact) mass is 1240 g/mol. The molecule has 0 spiro atoms. The Bertz CT molecular complexity index is 3770. The number of nitrogens with two attached hydrogens (primary N) is 4. The van der Waals surface area contributed by atoms with Crippen molar-refractivity contribution in [3.63, 3.8) is 0 Å². The number of nitrogens with zero attached hydrogens (tertiary/aromatic N) is 15. The summed E-state index contributed by atoms with van der Waals surface area (Å²) in [6.07, 6.45) is 24.1. The van der Waals surface area contributed by atoms with Gasteiger partial charge in [-0.3, -0.25) is 23.5 Å². The van der Waals surface area contributed by atoms with E-state index in [0.29, 0.717) is 18.1 Å². The molecule has 88 heavy (non-hydrogen) atoms. The Morgan fingerprint density at radius 1 is 0.500 bits per heavy atom. The number of aromatic amines is 1. The second-order valence-corrected chi connectivity index (χ2v) is 23.3. The third kappa shape index (κ3) is 14.0. The average molecular weight is 1240 g/mol. The second-order valence-electron chi connectivity index (χ2n) is 22.4. The van der Waals surface area contributed by atoms with E-state index in [0.717, 1.165) is 109 Å². The molecule has 6 aliphatic carbocycles. The number of allylic oxidation sites excluding steroid dienone is 3. The Morgan fingerprint density at radius 2 is 0.841 bits per heavy atom. The number of nitrogens with one attached hydrogen (secondary N) is 4. The molecule has 0 unspecified atom stereocenters. The van der Waals surface area contributed by atoms with Crippen molar-refractivity contribution in [2.75, 3.05) is 65.3 Å². The quantitative estimate of drug-likeness (QED) is 0.0501. The fraction of sp³-hybridized carbons (Fsp3) is 0.500. The highest BCUT2D eigenvalue weighted by molar-refractivity contribution is 7.79. The van der Waals surface area contributed by atoms with Crippen molar-refractivity contribution in [2.45, 2.75) is 119 Å². The summed E-state index contributed by atoms with van der Waals surface area (Å²) in [5.41, 5.74) is 27.2. The first-order chi connectivity index (χ1) is 42.2. The van der Waals surface area contributed by atoms with Crippen molar-refractivity contribution in [3.8, 4) is 0 Å². The largest absolute Gasteiger partial charge is 0.396 e. The molecular weight excluding hydrogens is 1170 g/mol. The number of imidazole rings is 4. The van der Waals surface area contributed by atoms with Gasteiger partial charge in [0, 0.05) is 55.7 Å². The van der Waals surface area contributed by atoms with Gasteiger partial charge in [0.15, 0.2) is 68.3 Å². The molecule has 1 aliphatic heterocycles. The molecule has 9 heterocycles. The van der Waals surface area contributed by atoms with Gasteiger partial charge in [0.1, 0.15) is 18.3 Å². The van der Waals surface area contributed by atoms with Gasteiger partial charge in [-0.25, -0.2) is 19.9 Å². The second kappa shape index (κ2) is 25.6. The maximum atomic E-state index is 11.7. The van der Waals surface area contributed by atoms with Crippen LogP contribution in [0.25, 0.3) is 44.7 Å². The van der Waals surface area contributed by atoms with Crippen LogP contribution in [0.2, 0.25) is 0 Å². The zero-order valence-electron chi connectivity index (χ0n) is 47.1. The third-order valence-corrected chi connectivity index (χ3v) is 15.5. The molecule has 0 aromatic carbocycles. The summed E-state index contributed by atoms with van der Waals surface area (Å²) >= 11 is 0. The van der Waals surface area contributed by atoms with Gasteiger partial charge in [-0.15, -0.1) is 0 Å². The maximum absolute atomic E-state index is 11.7. The lowest BCUT2D eigenvalue weighted by Crippen LogP contribution is -2.33. The van der Waals surface area contributed by atoms with Crippen LogP contribution in [-0.2, 0) is 15.1 Å². The molecule has 35 nitrogen and oxygen atoms in total. The molecule has 4 fully saturated rings. The number of H-pyrrole nitrogens is 1. The zero-order chi connectivity index (χ0) is 62.1. The van der Waals surface area contributed by atoms with Gasteiger partial charge in [0.25, 0.3) is 5.56 Å². The number of hydrogen-bond acceptors (Lipinski definition) is 28. The third-order valence-electron chi connectivity index (χ3n) is 15.5. The Morgan fingerprint density at radius 3 is 1.16 bits per heavy atom. The van der Waals surface area contributed by atoms with Crippen LogP contribution >= 0.6 is 0 Å². The highest BCUT2D eigenvalue weighted by Crippen LogP contribution is 2.37. The number of ether oxygens (including phenoxy) is 1. The van der Waals surface area contributed by atoms with E-state index >= 15 is 0 Å². The van der Waals surface area contributed by atoms with Crippen molar-refractivity contribution in [2.24, 2.45) is 17.8 Å². The van der Waals surface area contributed by atoms with Crippen LogP contribution in [0.4, 0.5) is 41.2 Å². The molecular formula is C52H69N23O12S. The minimum atomic E-state index is -4.67. The van der Waals surface area contributed by atoms with E-state index in [-0.39, 0.29) is 90.7 Å². The molecule has 20 N–H and O–H groups in total.